The topological polar surface area (TPSA) is 71.5 Å². The number of nitrogens with zero attached hydrogens (tertiary/aromatic N) is 2. The molecule has 0 fully saturated rings. The number of fused-ring (bicyclic) bond motifs is 2. The van der Waals surface area contributed by atoms with Crippen LogP contribution in [0.2, 0.25) is 5.02 Å². The van der Waals surface area contributed by atoms with Gasteiger partial charge in [0, 0.05) is 46.9 Å². The number of likely N-dealkylation sites (N-methyl/N-ethyl adjacent to an activating group) is 1. The lowest BCUT2D eigenvalue weighted by Gasteiger charge is -2.29. The zero-order chi connectivity index (χ0) is 23.5. The Kier molecular flexibility index (Phi) is 6.96. The number of hydrogen-bond acceptors (Lipinski definition) is 5. The van der Waals surface area contributed by atoms with Crippen molar-refractivity contribution in [3.05, 3.63) is 69.9 Å². The highest BCUT2D eigenvalue weighted by Crippen LogP contribution is 2.29. The van der Waals surface area contributed by atoms with Crippen LogP contribution in [0.3, 0.4) is 0 Å². The molecular weight excluding hydrogens is 438 g/mol. The van der Waals surface area contributed by atoms with Gasteiger partial charge in [-0.2, -0.15) is 0 Å². The largest absolute Gasteiger partial charge is 0.449 e. The summed E-state index contributed by atoms with van der Waals surface area (Å²) in [6, 6.07) is 12.9. The number of carbonyl (C=O) groups is 2. The fraction of sp³-hybridized carbons (Fsp3) is 0.346. The number of ether oxygens (including phenoxy) is 1. The van der Waals surface area contributed by atoms with E-state index in [0.29, 0.717) is 29.2 Å². The molecule has 7 heteroatoms. The third-order valence-corrected chi connectivity index (χ3v) is 6.62. The lowest BCUT2D eigenvalue weighted by molar-refractivity contribution is -0.124. The van der Waals surface area contributed by atoms with Crippen molar-refractivity contribution in [1.82, 2.24) is 9.88 Å². The van der Waals surface area contributed by atoms with Crippen LogP contribution in [-0.4, -0.2) is 41.0 Å². The number of para-hydroxylation sites is 1. The molecule has 1 atom stereocenters. The van der Waals surface area contributed by atoms with Gasteiger partial charge in [0.2, 0.25) is 0 Å². The first-order valence-electron chi connectivity index (χ1n) is 11.3. The summed E-state index contributed by atoms with van der Waals surface area (Å²) in [6.45, 7) is 8.19. The number of esters is 1. The molecule has 0 spiro atoms. The highest BCUT2D eigenvalue weighted by atomic mass is 35.5. The number of benzene rings is 2. The molecule has 6 nitrogen and oxygen atoms in total. The molecule has 1 aliphatic heterocycles. The van der Waals surface area contributed by atoms with Crippen molar-refractivity contribution in [3.8, 4) is 0 Å². The summed E-state index contributed by atoms with van der Waals surface area (Å²) in [6.07, 6.45) is 0.202. The highest BCUT2D eigenvalue weighted by molar-refractivity contribution is 6.31. The van der Waals surface area contributed by atoms with E-state index >= 15 is 0 Å². The third kappa shape index (κ3) is 4.72. The molecule has 0 radical (unpaired) electrons. The van der Waals surface area contributed by atoms with Crippen LogP contribution < -0.4 is 5.32 Å². The van der Waals surface area contributed by atoms with E-state index in [-0.39, 0.29) is 5.91 Å². The predicted molar refractivity (Wildman–Crippen MR) is 131 cm³/mol. The Morgan fingerprint density at radius 3 is 2.73 bits per heavy atom. The van der Waals surface area contributed by atoms with E-state index in [0.717, 1.165) is 47.2 Å². The zero-order valence-electron chi connectivity index (χ0n) is 19.2. The van der Waals surface area contributed by atoms with E-state index < -0.39 is 12.1 Å². The molecule has 0 saturated heterocycles. The van der Waals surface area contributed by atoms with Gasteiger partial charge in [-0.25, -0.2) is 4.79 Å². The Morgan fingerprint density at radius 2 is 1.97 bits per heavy atom. The quantitative estimate of drug-likeness (QED) is 0.510. The SMILES string of the molecule is CCC(OC(=O)c1c2c(nc3ccccc13)CCN(CC)C2)C(=O)Nc1cccc(Cl)c1C. The fourth-order valence-electron chi connectivity index (χ4n) is 4.22. The van der Waals surface area contributed by atoms with E-state index in [1.807, 2.05) is 38.1 Å². The van der Waals surface area contributed by atoms with Crippen LogP contribution in [0.1, 0.15) is 47.4 Å². The standard InChI is InChI=1S/C26H28ClN3O3/c1-4-23(25(31)29-20-12-8-10-19(27)16(20)3)33-26(32)24-17-9-6-7-11-21(17)28-22-13-14-30(5-2)15-18(22)24/h6-12,23H,4-5,13-15H2,1-3H3,(H,29,31). The first kappa shape index (κ1) is 23.2. The van der Waals surface area contributed by atoms with Crippen LogP contribution >= 0.6 is 11.6 Å². The van der Waals surface area contributed by atoms with Gasteiger partial charge in [-0.05, 0) is 43.7 Å². The first-order valence-corrected chi connectivity index (χ1v) is 11.7. The number of amides is 1. The predicted octanol–water partition coefficient (Wildman–Crippen LogP) is 5.15. The summed E-state index contributed by atoms with van der Waals surface area (Å²) >= 11 is 6.18. The van der Waals surface area contributed by atoms with Gasteiger partial charge < -0.3 is 10.1 Å². The monoisotopic (exact) mass is 465 g/mol. The van der Waals surface area contributed by atoms with Crippen molar-refractivity contribution in [2.24, 2.45) is 0 Å². The second-order valence-electron chi connectivity index (χ2n) is 8.25. The number of aromatic nitrogens is 1. The van der Waals surface area contributed by atoms with Crippen molar-refractivity contribution in [2.45, 2.75) is 46.3 Å². The van der Waals surface area contributed by atoms with Crippen molar-refractivity contribution in [3.63, 3.8) is 0 Å². The number of anilines is 1. The molecule has 2 aromatic carbocycles. The third-order valence-electron chi connectivity index (χ3n) is 6.21. The van der Waals surface area contributed by atoms with Crippen molar-refractivity contribution in [1.29, 1.82) is 0 Å². The average Bonchev–Trinajstić information content (AvgIpc) is 2.83. The lowest BCUT2D eigenvalue weighted by atomic mass is 9.95. The molecule has 33 heavy (non-hydrogen) atoms. The molecule has 0 bridgehead atoms. The Hall–Kier alpha value is -2.96. The van der Waals surface area contributed by atoms with Gasteiger partial charge in [0.25, 0.3) is 5.91 Å². The van der Waals surface area contributed by atoms with Gasteiger partial charge in [0.15, 0.2) is 6.10 Å². The number of hydrogen-bond donors (Lipinski definition) is 1. The maximum absolute atomic E-state index is 13.5. The maximum atomic E-state index is 13.5. The number of rotatable bonds is 6. The van der Waals surface area contributed by atoms with Crippen molar-refractivity contribution < 1.29 is 14.3 Å². The Morgan fingerprint density at radius 1 is 1.18 bits per heavy atom. The van der Waals surface area contributed by atoms with Gasteiger partial charge in [-0.1, -0.05) is 49.7 Å². The lowest BCUT2D eigenvalue weighted by Crippen LogP contribution is -2.35. The summed E-state index contributed by atoms with van der Waals surface area (Å²) in [5.41, 5.74) is 4.47. The van der Waals surface area contributed by atoms with Gasteiger partial charge in [-0.3, -0.25) is 14.7 Å². The maximum Gasteiger partial charge on any atom is 0.340 e. The minimum Gasteiger partial charge on any atom is -0.449 e. The minimum absolute atomic E-state index is 0.351. The van der Waals surface area contributed by atoms with Crippen LogP contribution in [0, 0.1) is 6.92 Å². The Bertz CT molecular complexity index is 1210. The molecule has 3 aromatic rings. The van der Waals surface area contributed by atoms with E-state index in [1.54, 1.807) is 18.2 Å². The van der Waals surface area contributed by atoms with E-state index in [9.17, 15) is 9.59 Å². The van der Waals surface area contributed by atoms with Gasteiger partial charge in [0.1, 0.15) is 0 Å². The van der Waals surface area contributed by atoms with Gasteiger partial charge >= 0.3 is 5.97 Å². The molecule has 172 valence electrons. The molecule has 2 heterocycles. The van der Waals surface area contributed by atoms with Crippen LogP contribution in [-0.2, 0) is 22.5 Å². The Labute approximate surface area is 198 Å². The Balaban J connectivity index is 1.65. The summed E-state index contributed by atoms with van der Waals surface area (Å²) in [7, 11) is 0. The summed E-state index contributed by atoms with van der Waals surface area (Å²) < 4.78 is 5.80. The smallest absolute Gasteiger partial charge is 0.340 e. The zero-order valence-corrected chi connectivity index (χ0v) is 19.9. The second-order valence-corrected chi connectivity index (χ2v) is 8.66. The minimum atomic E-state index is -0.927. The number of carbonyl (C=O) groups excluding carboxylic acids is 2. The van der Waals surface area contributed by atoms with E-state index in [2.05, 4.69) is 17.1 Å². The van der Waals surface area contributed by atoms with Crippen LogP contribution in [0.25, 0.3) is 10.9 Å². The van der Waals surface area contributed by atoms with Crippen molar-refractivity contribution >= 4 is 40.1 Å². The number of pyridine rings is 1. The molecule has 1 N–H and O–H groups in total. The fourth-order valence-corrected chi connectivity index (χ4v) is 4.39. The van der Waals surface area contributed by atoms with E-state index in [1.165, 1.54) is 0 Å². The van der Waals surface area contributed by atoms with Crippen LogP contribution in [0.4, 0.5) is 5.69 Å². The summed E-state index contributed by atoms with van der Waals surface area (Å²) in [5.74, 6) is -0.869. The average molecular weight is 466 g/mol. The van der Waals surface area contributed by atoms with Crippen molar-refractivity contribution in [2.75, 3.05) is 18.4 Å². The van der Waals surface area contributed by atoms with Crippen LogP contribution in [0.5, 0.6) is 0 Å². The second kappa shape index (κ2) is 9.89. The number of nitrogens with one attached hydrogen (secondary N) is 1. The first-order chi connectivity index (χ1) is 15.9. The summed E-state index contributed by atoms with van der Waals surface area (Å²) in [5, 5.41) is 4.17. The molecule has 1 amide bonds. The highest BCUT2D eigenvalue weighted by Gasteiger charge is 2.29. The number of halogens is 1. The van der Waals surface area contributed by atoms with Gasteiger partial charge in [0.05, 0.1) is 11.1 Å². The molecule has 4 rings (SSSR count). The molecule has 0 aliphatic carbocycles. The van der Waals surface area contributed by atoms with Gasteiger partial charge in [-0.15, -0.1) is 0 Å². The molecule has 0 saturated carbocycles. The molecular formula is C26H28ClN3O3. The van der Waals surface area contributed by atoms with E-state index in [4.69, 9.17) is 21.3 Å². The van der Waals surface area contributed by atoms with Crippen LogP contribution in [0.15, 0.2) is 42.5 Å². The molecule has 1 aromatic heterocycles. The summed E-state index contributed by atoms with van der Waals surface area (Å²) in [4.78, 5) is 33.6. The normalized spacial score (nSPS) is 14.5. The molecule has 1 unspecified atom stereocenters. The molecule has 1 aliphatic rings.